The number of nitrogens with zero attached hydrogens (tertiary/aromatic N) is 3. The van der Waals surface area contributed by atoms with Crippen LogP contribution in [0.15, 0.2) is 61.1 Å². The van der Waals surface area contributed by atoms with Crippen molar-refractivity contribution in [2.45, 2.75) is 12.5 Å². The normalized spacial score (nSPS) is 17.8. The second-order valence-electron chi connectivity index (χ2n) is 6.08. The summed E-state index contributed by atoms with van der Waals surface area (Å²) in [5.41, 5.74) is 3.39. The quantitative estimate of drug-likeness (QED) is 0.776. The largest absolute Gasteiger partial charge is 0.354 e. The van der Waals surface area contributed by atoms with Crippen molar-refractivity contribution in [2.75, 3.05) is 24.5 Å². The fraction of sp³-hybridized carbons (Fsp3) is 0.263. The number of pyridine rings is 1. The van der Waals surface area contributed by atoms with Crippen LogP contribution in [0.4, 0.5) is 5.82 Å². The van der Waals surface area contributed by atoms with Gasteiger partial charge in [0.05, 0.1) is 12.0 Å². The van der Waals surface area contributed by atoms with E-state index in [0.717, 1.165) is 43.1 Å². The molecular weight excluding hydrogens is 298 g/mol. The molecule has 24 heavy (non-hydrogen) atoms. The SMILES string of the molecule is c1ccc(-c2nc[nH]c2CC2CN(c3ccccn3)CCN2)cc1. The maximum atomic E-state index is 4.52. The van der Waals surface area contributed by atoms with Crippen LogP contribution in [-0.4, -0.2) is 40.6 Å². The Morgan fingerprint density at radius 3 is 2.75 bits per heavy atom. The highest BCUT2D eigenvalue weighted by molar-refractivity contribution is 5.61. The van der Waals surface area contributed by atoms with Crippen molar-refractivity contribution < 1.29 is 0 Å². The van der Waals surface area contributed by atoms with E-state index in [1.807, 2.05) is 24.4 Å². The van der Waals surface area contributed by atoms with Gasteiger partial charge in [-0.2, -0.15) is 0 Å². The van der Waals surface area contributed by atoms with E-state index >= 15 is 0 Å². The molecule has 0 spiro atoms. The number of H-pyrrole nitrogens is 1. The van der Waals surface area contributed by atoms with Crippen molar-refractivity contribution in [3.63, 3.8) is 0 Å². The van der Waals surface area contributed by atoms with Crippen LogP contribution < -0.4 is 10.2 Å². The zero-order valence-electron chi connectivity index (χ0n) is 13.5. The molecule has 1 fully saturated rings. The second kappa shape index (κ2) is 6.84. The Kier molecular flexibility index (Phi) is 4.25. The molecule has 1 unspecified atom stereocenters. The summed E-state index contributed by atoms with van der Waals surface area (Å²) < 4.78 is 0. The third kappa shape index (κ3) is 3.16. The lowest BCUT2D eigenvalue weighted by Crippen LogP contribution is -2.52. The minimum Gasteiger partial charge on any atom is -0.354 e. The van der Waals surface area contributed by atoms with Crippen LogP contribution in [0, 0.1) is 0 Å². The summed E-state index contributed by atoms with van der Waals surface area (Å²) in [5, 5.41) is 3.62. The number of aromatic amines is 1. The minimum atomic E-state index is 0.378. The molecule has 1 aliphatic heterocycles. The smallest absolute Gasteiger partial charge is 0.128 e. The van der Waals surface area contributed by atoms with E-state index in [2.05, 4.69) is 55.5 Å². The molecule has 0 bridgehead atoms. The summed E-state index contributed by atoms with van der Waals surface area (Å²) in [4.78, 5) is 14.7. The number of anilines is 1. The highest BCUT2D eigenvalue weighted by atomic mass is 15.2. The lowest BCUT2D eigenvalue weighted by Gasteiger charge is -2.34. The van der Waals surface area contributed by atoms with Crippen molar-refractivity contribution in [2.24, 2.45) is 0 Å². The third-order valence-electron chi connectivity index (χ3n) is 4.44. The van der Waals surface area contributed by atoms with Crippen molar-refractivity contribution in [1.82, 2.24) is 20.3 Å². The lowest BCUT2D eigenvalue weighted by molar-refractivity contribution is 0.450. The first-order chi connectivity index (χ1) is 11.9. The number of nitrogens with one attached hydrogen (secondary N) is 2. The molecule has 1 saturated heterocycles. The maximum Gasteiger partial charge on any atom is 0.128 e. The number of hydrogen-bond acceptors (Lipinski definition) is 4. The molecule has 0 aliphatic carbocycles. The molecule has 2 aromatic heterocycles. The van der Waals surface area contributed by atoms with Crippen LogP contribution in [0.25, 0.3) is 11.3 Å². The Balaban J connectivity index is 1.49. The zero-order chi connectivity index (χ0) is 16.2. The highest BCUT2D eigenvalue weighted by Crippen LogP contribution is 2.22. The second-order valence-corrected chi connectivity index (χ2v) is 6.08. The van der Waals surface area contributed by atoms with Gasteiger partial charge in [-0.15, -0.1) is 0 Å². The monoisotopic (exact) mass is 319 g/mol. The minimum absolute atomic E-state index is 0.378. The molecule has 0 radical (unpaired) electrons. The van der Waals surface area contributed by atoms with E-state index in [4.69, 9.17) is 0 Å². The van der Waals surface area contributed by atoms with Gasteiger partial charge in [-0.1, -0.05) is 36.4 Å². The topological polar surface area (TPSA) is 56.8 Å². The van der Waals surface area contributed by atoms with Gasteiger partial charge in [0.15, 0.2) is 0 Å². The van der Waals surface area contributed by atoms with Gasteiger partial charge in [-0.3, -0.25) is 0 Å². The molecule has 5 heteroatoms. The molecule has 2 N–H and O–H groups in total. The van der Waals surface area contributed by atoms with Crippen molar-refractivity contribution in [1.29, 1.82) is 0 Å². The third-order valence-corrected chi connectivity index (χ3v) is 4.44. The van der Waals surface area contributed by atoms with Gasteiger partial charge in [0, 0.05) is 49.6 Å². The van der Waals surface area contributed by atoms with Crippen LogP contribution in [-0.2, 0) is 6.42 Å². The number of imidazole rings is 1. The molecule has 122 valence electrons. The van der Waals surface area contributed by atoms with Crippen LogP contribution in [0.5, 0.6) is 0 Å². The Bertz CT molecular complexity index is 769. The Hall–Kier alpha value is -2.66. The average Bonchev–Trinajstić information content (AvgIpc) is 3.11. The maximum absolute atomic E-state index is 4.52. The molecule has 0 amide bonds. The predicted octanol–water partition coefficient (Wildman–Crippen LogP) is 2.49. The van der Waals surface area contributed by atoms with Gasteiger partial charge >= 0.3 is 0 Å². The van der Waals surface area contributed by atoms with Crippen molar-refractivity contribution >= 4 is 5.82 Å². The molecule has 1 atom stereocenters. The molecule has 3 aromatic rings. The van der Waals surface area contributed by atoms with Crippen LogP contribution in [0.2, 0.25) is 0 Å². The van der Waals surface area contributed by atoms with E-state index < -0.39 is 0 Å². The molecule has 4 rings (SSSR count). The fourth-order valence-corrected chi connectivity index (χ4v) is 3.28. The van der Waals surface area contributed by atoms with Crippen LogP contribution in [0.3, 0.4) is 0 Å². The summed E-state index contributed by atoms with van der Waals surface area (Å²) >= 11 is 0. The van der Waals surface area contributed by atoms with E-state index in [0.29, 0.717) is 6.04 Å². The van der Waals surface area contributed by atoms with Crippen LogP contribution in [0.1, 0.15) is 5.69 Å². The molecule has 0 saturated carbocycles. The van der Waals surface area contributed by atoms with E-state index in [9.17, 15) is 0 Å². The number of rotatable bonds is 4. The first-order valence-corrected chi connectivity index (χ1v) is 8.37. The summed E-state index contributed by atoms with van der Waals surface area (Å²) in [6.07, 6.45) is 4.57. The molecule has 3 heterocycles. The first kappa shape index (κ1) is 14.9. The average molecular weight is 319 g/mol. The van der Waals surface area contributed by atoms with Gasteiger partial charge < -0.3 is 15.2 Å². The number of benzene rings is 1. The fourth-order valence-electron chi connectivity index (χ4n) is 3.28. The molecular formula is C19H21N5. The zero-order valence-corrected chi connectivity index (χ0v) is 13.5. The van der Waals surface area contributed by atoms with Gasteiger partial charge in [-0.25, -0.2) is 9.97 Å². The van der Waals surface area contributed by atoms with Gasteiger partial charge in [0.25, 0.3) is 0 Å². The van der Waals surface area contributed by atoms with E-state index in [-0.39, 0.29) is 0 Å². The number of piperazine rings is 1. The van der Waals surface area contributed by atoms with E-state index in [1.54, 1.807) is 6.33 Å². The summed E-state index contributed by atoms with van der Waals surface area (Å²) in [7, 11) is 0. The van der Waals surface area contributed by atoms with Crippen molar-refractivity contribution in [3.05, 3.63) is 66.7 Å². The summed E-state index contributed by atoms with van der Waals surface area (Å²) in [6, 6.07) is 16.8. The van der Waals surface area contributed by atoms with E-state index in [1.165, 1.54) is 5.69 Å². The number of aromatic nitrogens is 3. The number of hydrogen-bond donors (Lipinski definition) is 2. The van der Waals surface area contributed by atoms with Gasteiger partial charge in [0.2, 0.25) is 0 Å². The van der Waals surface area contributed by atoms with Crippen LogP contribution >= 0.6 is 0 Å². The lowest BCUT2D eigenvalue weighted by atomic mass is 10.0. The Labute approximate surface area is 141 Å². The summed E-state index contributed by atoms with van der Waals surface area (Å²) in [5.74, 6) is 1.05. The molecule has 1 aliphatic rings. The Morgan fingerprint density at radius 2 is 1.92 bits per heavy atom. The highest BCUT2D eigenvalue weighted by Gasteiger charge is 2.22. The first-order valence-electron chi connectivity index (χ1n) is 8.37. The molecule has 5 nitrogen and oxygen atoms in total. The summed E-state index contributed by atoms with van der Waals surface area (Å²) in [6.45, 7) is 2.91. The van der Waals surface area contributed by atoms with Gasteiger partial charge in [0.1, 0.15) is 5.82 Å². The molecule has 1 aromatic carbocycles. The standard InChI is InChI=1S/C19H21N5/c1-2-6-15(7-3-1)19-17(22-14-23-19)12-16-13-24(11-10-20-16)18-8-4-5-9-21-18/h1-9,14,16,20H,10-13H2,(H,22,23). The Morgan fingerprint density at radius 1 is 1.04 bits per heavy atom. The van der Waals surface area contributed by atoms with Gasteiger partial charge in [-0.05, 0) is 12.1 Å². The van der Waals surface area contributed by atoms with Crippen molar-refractivity contribution in [3.8, 4) is 11.3 Å². The predicted molar refractivity (Wildman–Crippen MR) is 96.0 cm³/mol.